The average molecular weight is 332 g/mol. The molecule has 5 nitrogen and oxygen atoms in total. The van der Waals surface area contributed by atoms with E-state index < -0.39 is 0 Å². The van der Waals surface area contributed by atoms with E-state index in [2.05, 4.69) is 36.5 Å². The normalized spacial score (nSPS) is 33.8. The lowest BCUT2D eigenvalue weighted by Crippen LogP contribution is -2.48. The summed E-state index contributed by atoms with van der Waals surface area (Å²) in [6.07, 6.45) is 7.58. The highest BCUT2D eigenvalue weighted by molar-refractivity contribution is 5.80. The summed E-state index contributed by atoms with van der Waals surface area (Å²) in [5.41, 5.74) is 1.17. The van der Waals surface area contributed by atoms with Crippen molar-refractivity contribution in [1.29, 1.82) is 0 Å². The molecule has 0 bridgehead atoms. The minimum atomic E-state index is 0.0132. The van der Waals surface area contributed by atoms with E-state index in [0.29, 0.717) is 23.8 Å². The number of aromatic nitrogens is 2. The Morgan fingerprint density at radius 2 is 2.17 bits per heavy atom. The van der Waals surface area contributed by atoms with Crippen molar-refractivity contribution < 1.29 is 4.79 Å². The maximum Gasteiger partial charge on any atom is 0.225 e. The zero-order valence-electron chi connectivity index (χ0n) is 15.5. The maximum atomic E-state index is 13.0. The molecule has 2 heterocycles. The Morgan fingerprint density at radius 1 is 1.38 bits per heavy atom. The van der Waals surface area contributed by atoms with Crippen molar-refractivity contribution in [2.75, 3.05) is 13.1 Å². The Kier molecular flexibility index (Phi) is 5.28. The largest absolute Gasteiger partial charge is 0.353 e. The molecular formula is C19H32N4O. The molecule has 1 aliphatic heterocycles. The number of hydrogen-bond donors (Lipinski definition) is 2. The molecule has 5 atom stereocenters. The average Bonchev–Trinajstić information content (AvgIpc) is 3.15. The van der Waals surface area contributed by atoms with Crippen LogP contribution in [0.4, 0.5) is 0 Å². The summed E-state index contributed by atoms with van der Waals surface area (Å²) in [6.45, 7) is 8.51. The van der Waals surface area contributed by atoms with E-state index in [9.17, 15) is 4.79 Å². The second-order valence-corrected chi connectivity index (χ2v) is 8.26. The molecule has 3 rings (SSSR count). The van der Waals surface area contributed by atoms with Crippen LogP contribution in [0.1, 0.15) is 51.5 Å². The summed E-state index contributed by atoms with van der Waals surface area (Å²) in [6, 6.07) is 0.330. The number of aryl methyl sites for hydroxylation is 1. The van der Waals surface area contributed by atoms with Crippen molar-refractivity contribution >= 4 is 5.91 Å². The van der Waals surface area contributed by atoms with Gasteiger partial charge >= 0.3 is 0 Å². The van der Waals surface area contributed by atoms with Gasteiger partial charge in [0.15, 0.2) is 0 Å². The Labute approximate surface area is 145 Å². The van der Waals surface area contributed by atoms with Crippen molar-refractivity contribution in [1.82, 2.24) is 20.4 Å². The monoisotopic (exact) mass is 332 g/mol. The maximum absolute atomic E-state index is 13.0. The van der Waals surface area contributed by atoms with E-state index in [1.165, 1.54) is 18.4 Å². The summed E-state index contributed by atoms with van der Waals surface area (Å²) >= 11 is 0. The van der Waals surface area contributed by atoms with Crippen LogP contribution in [0.2, 0.25) is 0 Å². The molecule has 24 heavy (non-hydrogen) atoms. The number of carbonyl (C=O) groups excluding carboxylic acids is 1. The quantitative estimate of drug-likeness (QED) is 0.889. The number of nitrogens with one attached hydrogen (secondary N) is 2. The smallest absolute Gasteiger partial charge is 0.225 e. The Balaban J connectivity index is 1.68. The van der Waals surface area contributed by atoms with E-state index in [-0.39, 0.29) is 17.7 Å². The van der Waals surface area contributed by atoms with Crippen LogP contribution in [0.3, 0.4) is 0 Å². The third-order valence-corrected chi connectivity index (χ3v) is 6.05. The van der Waals surface area contributed by atoms with Gasteiger partial charge in [0.25, 0.3) is 0 Å². The molecule has 0 radical (unpaired) electrons. The molecule has 134 valence electrons. The Morgan fingerprint density at radius 3 is 2.83 bits per heavy atom. The van der Waals surface area contributed by atoms with Gasteiger partial charge in [-0.15, -0.1) is 0 Å². The highest BCUT2D eigenvalue weighted by Crippen LogP contribution is 2.34. The van der Waals surface area contributed by atoms with Crippen LogP contribution >= 0.6 is 0 Å². The topological polar surface area (TPSA) is 59.0 Å². The second kappa shape index (κ2) is 7.26. The van der Waals surface area contributed by atoms with Crippen LogP contribution in [-0.2, 0) is 11.8 Å². The Hall–Kier alpha value is -1.36. The van der Waals surface area contributed by atoms with E-state index in [0.717, 1.165) is 19.5 Å². The van der Waals surface area contributed by atoms with Gasteiger partial charge < -0.3 is 10.6 Å². The van der Waals surface area contributed by atoms with E-state index in [1.54, 1.807) is 0 Å². The molecule has 1 aromatic rings. The number of carbonyl (C=O) groups is 1. The van der Waals surface area contributed by atoms with Crippen LogP contribution in [-0.4, -0.2) is 34.8 Å². The van der Waals surface area contributed by atoms with Gasteiger partial charge in [0.2, 0.25) is 5.91 Å². The molecule has 2 fully saturated rings. The molecule has 1 saturated heterocycles. The first-order valence-electron chi connectivity index (χ1n) is 9.45. The predicted octanol–water partition coefficient (Wildman–Crippen LogP) is 2.30. The van der Waals surface area contributed by atoms with Crippen LogP contribution in [0.25, 0.3) is 0 Å². The summed E-state index contributed by atoms with van der Waals surface area (Å²) < 4.78 is 1.82. The molecular weight excluding hydrogens is 300 g/mol. The van der Waals surface area contributed by atoms with E-state index in [4.69, 9.17) is 0 Å². The molecule has 1 aliphatic carbocycles. The van der Waals surface area contributed by atoms with Crippen LogP contribution in [0.15, 0.2) is 12.4 Å². The molecule has 2 aliphatic rings. The fourth-order valence-electron chi connectivity index (χ4n) is 4.59. The van der Waals surface area contributed by atoms with Gasteiger partial charge in [0, 0.05) is 38.3 Å². The van der Waals surface area contributed by atoms with E-state index >= 15 is 0 Å². The first-order valence-corrected chi connectivity index (χ1v) is 9.45. The third kappa shape index (κ3) is 3.66. The second-order valence-electron chi connectivity index (χ2n) is 8.26. The molecule has 2 N–H and O–H groups in total. The minimum Gasteiger partial charge on any atom is -0.353 e. The molecule has 5 heteroatoms. The Bertz CT molecular complexity index is 567. The molecule has 0 aromatic carbocycles. The number of nitrogens with zero attached hydrogens (tertiary/aromatic N) is 2. The van der Waals surface area contributed by atoms with Gasteiger partial charge in [0.05, 0.1) is 12.1 Å². The van der Waals surface area contributed by atoms with Gasteiger partial charge in [-0.2, -0.15) is 5.10 Å². The first kappa shape index (κ1) is 17.5. The first-order chi connectivity index (χ1) is 11.5. The number of amides is 1. The summed E-state index contributed by atoms with van der Waals surface area (Å²) in [5, 5.41) is 11.1. The number of rotatable bonds is 4. The van der Waals surface area contributed by atoms with Crippen LogP contribution < -0.4 is 10.6 Å². The fourth-order valence-corrected chi connectivity index (χ4v) is 4.59. The van der Waals surface area contributed by atoms with Gasteiger partial charge in [-0.25, -0.2) is 0 Å². The van der Waals surface area contributed by atoms with Crippen LogP contribution in [0, 0.1) is 23.7 Å². The molecule has 1 amide bonds. The lowest BCUT2D eigenvalue weighted by molar-refractivity contribution is -0.126. The SMILES string of the molecule is CC1CCC(C(C)C)C(NC(=O)[C@H]2CNC[C@@H]2c2cnn(C)c2)C1. The third-order valence-electron chi connectivity index (χ3n) is 6.05. The molecule has 1 saturated carbocycles. The highest BCUT2D eigenvalue weighted by Gasteiger charge is 2.38. The number of hydrogen-bond acceptors (Lipinski definition) is 3. The zero-order valence-corrected chi connectivity index (χ0v) is 15.5. The lowest BCUT2D eigenvalue weighted by atomic mass is 9.73. The van der Waals surface area contributed by atoms with Crippen molar-refractivity contribution in [2.24, 2.45) is 30.7 Å². The van der Waals surface area contributed by atoms with Crippen molar-refractivity contribution in [3.63, 3.8) is 0 Å². The predicted molar refractivity (Wildman–Crippen MR) is 95.6 cm³/mol. The molecule has 0 spiro atoms. The zero-order chi connectivity index (χ0) is 17.3. The lowest BCUT2D eigenvalue weighted by Gasteiger charge is -2.38. The summed E-state index contributed by atoms with van der Waals surface area (Å²) in [5.74, 6) is 2.41. The summed E-state index contributed by atoms with van der Waals surface area (Å²) in [7, 11) is 1.93. The van der Waals surface area contributed by atoms with Gasteiger partial charge in [-0.3, -0.25) is 9.48 Å². The van der Waals surface area contributed by atoms with Crippen molar-refractivity contribution in [3.8, 4) is 0 Å². The van der Waals surface area contributed by atoms with Gasteiger partial charge in [0.1, 0.15) is 0 Å². The van der Waals surface area contributed by atoms with E-state index in [1.807, 2.05) is 24.1 Å². The fraction of sp³-hybridized carbons (Fsp3) is 0.789. The van der Waals surface area contributed by atoms with Gasteiger partial charge in [-0.1, -0.05) is 27.2 Å². The molecule has 3 unspecified atom stereocenters. The minimum absolute atomic E-state index is 0.0132. The summed E-state index contributed by atoms with van der Waals surface area (Å²) in [4.78, 5) is 13.0. The van der Waals surface area contributed by atoms with Gasteiger partial charge in [-0.05, 0) is 36.2 Å². The van der Waals surface area contributed by atoms with Crippen molar-refractivity contribution in [3.05, 3.63) is 18.0 Å². The molecule has 1 aromatic heterocycles. The standard InChI is InChI=1S/C19H32N4O/c1-12(2)15-6-5-13(3)7-18(15)22-19(24)17-10-20-9-16(17)14-8-21-23(4)11-14/h8,11-13,15-18,20H,5-7,9-10H2,1-4H3,(H,22,24)/t13?,15?,16-,17+,18?/m1/s1. The highest BCUT2D eigenvalue weighted by atomic mass is 16.2. The van der Waals surface area contributed by atoms with Crippen LogP contribution in [0.5, 0.6) is 0 Å². The van der Waals surface area contributed by atoms with Crippen molar-refractivity contribution in [2.45, 2.75) is 52.0 Å².